The molecule has 9 heteroatoms. The number of carbonyl (C=O) groups is 2. The molecule has 1 heterocycles. The Morgan fingerprint density at radius 1 is 1.13 bits per heavy atom. The number of ether oxygens (including phenoxy) is 2. The lowest BCUT2D eigenvalue weighted by molar-refractivity contribution is -0.142. The zero-order valence-corrected chi connectivity index (χ0v) is 14.5. The molecule has 0 aromatic carbocycles. The summed E-state index contributed by atoms with van der Waals surface area (Å²) >= 11 is 0. The molecule has 0 saturated carbocycles. The first-order chi connectivity index (χ1) is 10.8. The lowest BCUT2D eigenvalue weighted by atomic mass is 10.4. The van der Waals surface area contributed by atoms with Crippen LogP contribution in [-0.2, 0) is 29.8 Å². The molecule has 0 radical (unpaired) electrons. The molecule has 0 aliphatic heterocycles. The summed E-state index contributed by atoms with van der Waals surface area (Å²) < 4.78 is 22.4. The lowest BCUT2D eigenvalue weighted by Gasteiger charge is -2.25. The van der Waals surface area contributed by atoms with Gasteiger partial charge in [-0.2, -0.15) is 0 Å². The van der Waals surface area contributed by atoms with Gasteiger partial charge >= 0.3 is 11.9 Å². The molecule has 1 aromatic heterocycles. The lowest BCUT2D eigenvalue weighted by Crippen LogP contribution is -2.41. The fourth-order valence-corrected chi connectivity index (χ4v) is 4.30. The van der Waals surface area contributed by atoms with Gasteiger partial charge < -0.3 is 9.47 Å². The van der Waals surface area contributed by atoms with Crippen molar-refractivity contribution in [3.63, 3.8) is 0 Å². The van der Waals surface area contributed by atoms with E-state index in [-0.39, 0.29) is 6.16 Å². The smallest absolute Gasteiger partial charge is 0.322 e. The number of esters is 2. The highest BCUT2D eigenvalue weighted by Gasteiger charge is 2.31. The highest BCUT2D eigenvalue weighted by molar-refractivity contribution is 7.59. The normalized spacial score (nSPS) is 16.0. The summed E-state index contributed by atoms with van der Waals surface area (Å²) in [6.45, 7) is 3.06. The fraction of sp³-hybridized carbons (Fsp3) is 0.500. The predicted octanol–water partition coefficient (Wildman–Crippen LogP) is 1.08. The summed E-state index contributed by atoms with van der Waals surface area (Å²) in [7, 11) is -0.862. The number of methoxy groups -OCH3 is 2. The molecule has 0 aliphatic rings. The van der Waals surface area contributed by atoms with Crippen LogP contribution < -0.4 is 10.2 Å². The molecule has 8 nitrogen and oxygen atoms in total. The van der Waals surface area contributed by atoms with Crippen molar-refractivity contribution in [3.8, 4) is 0 Å². The molecule has 0 spiro atoms. The first-order valence-electron chi connectivity index (χ1n) is 7.01. The van der Waals surface area contributed by atoms with Crippen LogP contribution >= 0.6 is 7.44 Å². The van der Waals surface area contributed by atoms with E-state index in [0.717, 1.165) is 0 Å². The van der Waals surface area contributed by atoms with Crippen molar-refractivity contribution >= 4 is 19.4 Å². The van der Waals surface area contributed by atoms with E-state index in [4.69, 9.17) is 0 Å². The van der Waals surface area contributed by atoms with Crippen molar-refractivity contribution in [1.82, 2.24) is 15.2 Å². The monoisotopic (exact) mass is 343 g/mol. The molecule has 1 rings (SSSR count). The Hall–Kier alpha value is -1.76. The number of hydrogen-bond acceptors (Lipinski definition) is 6. The van der Waals surface area contributed by atoms with E-state index >= 15 is 0 Å². The zero-order chi connectivity index (χ0) is 17.5. The number of hydrogen-bond donors (Lipinski definition) is 2. The van der Waals surface area contributed by atoms with Crippen molar-refractivity contribution < 1.29 is 23.6 Å². The first kappa shape index (κ1) is 19.3. The molecular weight excluding hydrogens is 321 g/mol. The Kier molecular flexibility index (Phi) is 7.35. The maximum Gasteiger partial charge on any atom is 0.322 e. The largest absolute Gasteiger partial charge is 0.468 e. The quantitative estimate of drug-likeness (QED) is 0.533. The van der Waals surface area contributed by atoms with Gasteiger partial charge in [-0.05, 0) is 26.0 Å². The van der Waals surface area contributed by atoms with Gasteiger partial charge in [-0.15, -0.1) is 0 Å². The van der Waals surface area contributed by atoms with E-state index in [1.54, 1.807) is 24.4 Å². The molecule has 2 atom stereocenters. The highest BCUT2D eigenvalue weighted by Crippen LogP contribution is 2.41. The molecule has 2 unspecified atom stereocenters. The van der Waals surface area contributed by atoms with Gasteiger partial charge in [0.2, 0.25) is 7.44 Å². The van der Waals surface area contributed by atoms with Crippen LogP contribution in [0.1, 0.15) is 19.5 Å². The maximum atomic E-state index is 13.2. The third-order valence-electron chi connectivity index (χ3n) is 3.02. The van der Waals surface area contributed by atoms with Crippen LogP contribution in [0.2, 0.25) is 0 Å². The molecule has 0 amide bonds. The Morgan fingerprint density at radius 2 is 1.65 bits per heavy atom. The summed E-state index contributed by atoms with van der Waals surface area (Å²) in [5.41, 5.74) is 0.560. The molecule has 0 bridgehead atoms. The van der Waals surface area contributed by atoms with E-state index in [1.165, 1.54) is 28.1 Å². The summed E-state index contributed by atoms with van der Waals surface area (Å²) in [4.78, 5) is 27.3. The van der Waals surface area contributed by atoms with Crippen LogP contribution in [0.4, 0.5) is 0 Å². The molecule has 1 aromatic rings. The molecule has 128 valence electrons. The average Bonchev–Trinajstić information content (AvgIpc) is 2.53. The van der Waals surface area contributed by atoms with Gasteiger partial charge in [0.1, 0.15) is 12.1 Å². The Bertz CT molecular complexity index is 553. The second-order valence-electron chi connectivity index (χ2n) is 4.97. The second-order valence-corrected chi connectivity index (χ2v) is 7.28. The number of nitrogens with one attached hydrogen (secondary N) is 2. The molecule has 2 N–H and O–H groups in total. The Balaban J connectivity index is 2.96. The molecule has 23 heavy (non-hydrogen) atoms. The minimum Gasteiger partial charge on any atom is -0.468 e. The van der Waals surface area contributed by atoms with Crippen LogP contribution in [0, 0.1) is 0 Å². The highest BCUT2D eigenvalue weighted by atomic mass is 31.2. The Labute approximate surface area is 135 Å². The second kappa shape index (κ2) is 8.76. The molecular formula is C14H22N3O5P. The topological polar surface area (TPSA) is 107 Å². The third kappa shape index (κ3) is 6.09. The van der Waals surface area contributed by atoms with Crippen molar-refractivity contribution in [2.75, 3.05) is 14.2 Å². The minimum atomic E-state index is -3.35. The van der Waals surface area contributed by atoms with Crippen molar-refractivity contribution in [3.05, 3.63) is 30.1 Å². The number of nitrogens with zero attached hydrogens (tertiary/aromatic N) is 1. The molecule has 0 fully saturated rings. The first-order valence-corrected chi connectivity index (χ1v) is 8.90. The minimum absolute atomic E-state index is 0.0243. The van der Waals surface area contributed by atoms with E-state index in [0.29, 0.717) is 5.69 Å². The van der Waals surface area contributed by atoms with E-state index in [2.05, 4.69) is 24.6 Å². The maximum absolute atomic E-state index is 13.2. The number of carbonyl (C=O) groups excluding carboxylic acids is 2. The average molecular weight is 343 g/mol. The molecule has 0 aliphatic carbocycles. The number of aromatic nitrogens is 1. The van der Waals surface area contributed by atoms with Gasteiger partial charge in [-0.25, -0.2) is 10.2 Å². The van der Waals surface area contributed by atoms with Gasteiger partial charge in [0.05, 0.1) is 26.1 Å². The zero-order valence-electron chi connectivity index (χ0n) is 13.6. The fourth-order valence-electron chi connectivity index (χ4n) is 1.93. The standard InChI is InChI=1S/C14H22N3O5P/c1-10(13(18)21-3)16-23(20,17-11(2)14(19)22-4)9-12-7-5-6-8-15-12/h5-8,10-11H,9H2,1-4H3,(H2,16,17,20). The van der Waals surface area contributed by atoms with E-state index in [9.17, 15) is 14.2 Å². The van der Waals surface area contributed by atoms with Crippen molar-refractivity contribution in [1.29, 1.82) is 0 Å². The Morgan fingerprint density at radius 3 is 2.04 bits per heavy atom. The predicted molar refractivity (Wildman–Crippen MR) is 84.8 cm³/mol. The van der Waals surface area contributed by atoms with Gasteiger partial charge in [0, 0.05) is 6.20 Å². The van der Waals surface area contributed by atoms with Gasteiger partial charge in [0.25, 0.3) is 0 Å². The summed E-state index contributed by atoms with van der Waals surface area (Å²) in [6.07, 6.45) is 1.60. The summed E-state index contributed by atoms with van der Waals surface area (Å²) in [5.74, 6) is -1.11. The van der Waals surface area contributed by atoms with Gasteiger partial charge in [-0.3, -0.25) is 19.1 Å². The summed E-state index contributed by atoms with van der Waals surface area (Å²) in [6, 6.07) is 3.59. The molecule has 0 saturated heterocycles. The van der Waals surface area contributed by atoms with Gasteiger partial charge in [-0.1, -0.05) is 6.07 Å². The van der Waals surface area contributed by atoms with Crippen LogP contribution in [0.15, 0.2) is 24.4 Å². The van der Waals surface area contributed by atoms with Crippen molar-refractivity contribution in [2.24, 2.45) is 0 Å². The summed E-state index contributed by atoms with van der Waals surface area (Å²) in [5, 5.41) is 5.45. The third-order valence-corrected chi connectivity index (χ3v) is 5.40. The van der Waals surface area contributed by atoms with Crippen LogP contribution in [0.25, 0.3) is 0 Å². The van der Waals surface area contributed by atoms with Gasteiger partial charge in [0.15, 0.2) is 0 Å². The van der Waals surface area contributed by atoms with Crippen LogP contribution in [0.3, 0.4) is 0 Å². The van der Waals surface area contributed by atoms with Crippen LogP contribution in [0.5, 0.6) is 0 Å². The number of rotatable bonds is 8. The number of pyridine rings is 1. The van der Waals surface area contributed by atoms with Crippen LogP contribution in [-0.4, -0.2) is 43.2 Å². The van der Waals surface area contributed by atoms with Crippen molar-refractivity contribution in [2.45, 2.75) is 32.1 Å². The van der Waals surface area contributed by atoms with E-state index in [1.807, 2.05) is 0 Å². The van der Waals surface area contributed by atoms with E-state index < -0.39 is 31.5 Å². The SMILES string of the molecule is COC(=O)C(C)NP(=O)(Cc1ccccn1)NC(C)C(=O)OC.